The van der Waals surface area contributed by atoms with Gasteiger partial charge in [0.05, 0.1) is 15.4 Å². The Morgan fingerprint density at radius 1 is 1.20 bits per heavy atom. The summed E-state index contributed by atoms with van der Waals surface area (Å²) < 4.78 is 62.9. The van der Waals surface area contributed by atoms with Crippen molar-refractivity contribution >= 4 is 32.8 Å². The molecule has 0 aliphatic rings. The van der Waals surface area contributed by atoms with Gasteiger partial charge in [-0.15, -0.1) is 0 Å². The molecule has 0 aliphatic carbocycles. The molecule has 0 saturated carbocycles. The van der Waals surface area contributed by atoms with Crippen molar-refractivity contribution in [3.05, 3.63) is 60.0 Å². The summed E-state index contributed by atoms with van der Waals surface area (Å²) in [5.74, 6) is -1.20. The number of fused-ring (bicyclic) bond motifs is 1. The van der Waals surface area contributed by atoms with Crippen molar-refractivity contribution in [1.82, 2.24) is 19.5 Å². The highest BCUT2D eigenvalue weighted by molar-refractivity contribution is 7.93. The first-order valence-electron chi connectivity index (χ1n) is 8.42. The van der Waals surface area contributed by atoms with E-state index in [0.29, 0.717) is 27.6 Å². The second-order valence-corrected chi connectivity index (χ2v) is 9.17. The van der Waals surface area contributed by atoms with E-state index >= 15 is 0 Å². The molecule has 4 rings (SSSR count). The molecule has 0 saturated heterocycles. The van der Waals surface area contributed by atoms with Crippen LogP contribution in [0.25, 0.3) is 17.0 Å². The van der Waals surface area contributed by atoms with E-state index in [1.807, 2.05) is 0 Å². The molecule has 0 radical (unpaired) electrons. The monoisotopic (exact) mass is 455 g/mol. The minimum Gasteiger partial charge on any atom is -0.331 e. The van der Waals surface area contributed by atoms with E-state index in [1.165, 1.54) is 30.5 Å². The largest absolute Gasteiger partial charge is 0.400 e. The fourth-order valence-corrected chi connectivity index (χ4v) is 4.13. The number of imidazole rings is 1. The van der Waals surface area contributed by atoms with Gasteiger partial charge in [0.25, 0.3) is 0 Å². The van der Waals surface area contributed by atoms with Gasteiger partial charge in [0, 0.05) is 22.9 Å². The smallest absolute Gasteiger partial charge is 0.331 e. The number of alkyl halides is 3. The van der Waals surface area contributed by atoms with E-state index in [0.717, 1.165) is 0 Å². The molecule has 1 unspecified atom stereocenters. The molecule has 0 N–H and O–H groups in total. The number of pyridine rings is 1. The van der Waals surface area contributed by atoms with Crippen LogP contribution in [0.1, 0.15) is 11.6 Å². The summed E-state index contributed by atoms with van der Waals surface area (Å²) >= 11 is 4.89. The fraction of sp³-hybridized carbons (Fsp3) is 0.167. The Labute approximate surface area is 173 Å². The predicted molar refractivity (Wildman–Crippen MR) is 104 cm³/mol. The molecule has 0 amide bonds. The summed E-state index contributed by atoms with van der Waals surface area (Å²) in [6, 6.07) is 8.35. The quantitative estimate of drug-likeness (QED) is 0.408. The third-order valence-electron chi connectivity index (χ3n) is 4.21. The Bertz CT molecular complexity index is 1370. The van der Waals surface area contributed by atoms with Crippen molar-refractivity contribution < 1.29 is 21.9 Å². The topological polar surface area (TPSA) is 85.7 Å². The number of aromatic nitrogens is 4. The number of benzene rings is 1. The lowest BCUT2D eigenvalue weighted by atomic mass is 10.2. The van der Waals surface area contributed by atoms with E-state index in [9.17, 15) is 17.4 Å². The predicted octanol–water partition coefficient (Wildman–Crippen LogP) is 4.91. The van der Waals surface area contributed by atoms with Crippen LogP contribution >= 0.6 is 11.6 Å². The second-order valence-electron chi connectivity index (χ2n) is 6.43. The highest BCUT2D eigenvalue weighted by Gasteiger charge is 2.35. The summed E-state index contributed by atoms with van der Waals surface area (Å²) in [5, 5.41) is -0.263. The first kappa shape index (κ1) is 20.4. The van der Waals surface area contributed by atoms with Crippen LogP contribution in [0.4, 0.5) is 19.0 Å². The molecule has 30 heavy (non-hydrogen) atoms. The molecule has 7 nitrogen and oxygen atoms in total. The standard InChI is InChI=1S/C18H13ClF3N5O2S/c1-10-16(26-30(2,28)13-5-3-12(20)4-6-13)27-8-7-11(9-14(27)23-10)15-24-17(29-25-15)18(19,21)22/h3-9H,1-2H3. The average Bonchev–Trinajstić information content (AvgIpc) is 3.27. The van der Waals surface area contributed by atoms with E-state index < -0.39 is 26.8 Å². The van der Waals surface area contributed by atoms with Crippen LogP contribution in [0.5, 0.6) is 0 Å². The van der Waals surface area contributed by atoms with Gasteiger partial charge in [-0.3, -0.25) is 4.40 Å². The van der Waals surface area contributed by atoms with Crippen molar-refractivity contribution in [1.29, 1.82) is 0 Å². The van der Waals surface area contributed by atoms with Gasteiger partial charge in [0.1, 0.15) is 11.5 Å². The molecule has 1 aromatic carbocycles. The average molecular weight is 456 g/mol. The van der Waals surface area contributed by atoms with E-state index in [1.54, 1.807) is 29.7 Å². The van der Waals surface area contributed by atoms with Crippen LogP contribution in [0.2, 0.25) is 0 Å². The molecule has 0 bridgehead atoms. The van der Waals surface area contributed by atoms with Crippen LogP contribution in [0.3, 0.4) is 0 Å². The molecule has 0 fully saturated rings. The molecule has 0 spiro atoms. The van der Waals surface area contributed by atoms with Gasteiger partial charge in [-0.1, -0.05) is 5.16 Å². The highest BCUT2D eigenvalue weighted by Crippen LogP contribution is 2.33. The summed E-state index contributed by atoms with van der Waals surface area (Å²) in [7, 11) is -2.88. The Morgan fingerprint density at radius 3 is 2.53 bits per heavy atom. The first-order chi connectivity index (χ1) is 14.0. The second kappa shape index (κ2) is 7.10. The third kappa shape index (κ3) is 3.77. The SMILES string of the molecule is Cc1nc2cc(-c3noc(C(F)(F)Cl)n3)ccn2c1N=S(C)(=O)c1ccc(F)cc1. The zero-order valence-corrected chi connectivity index (χ0v) is 17.1. The van der Waals surface area contributed by atoms with Crippen molar-refractivity contribution in [2.24, 2.45) is 4.36 Å². The van der Waals surface area contributed by atoms with Crippen molar-refractivity contribution in [2.75, 3.05) is 6.26 Å². The molecule has 12 heteroatoms. The van der Waals surface area contributed by atoms with Gasteiger partial charge in [-0.05, 0) is 54.9 Å². The summed E-state index contributed by atoms with van der Waals surface area (Å²) in [5.41, 5.74) is 1.26. The van der Waals surface area contributed by atoms with Gasteiger partial charge in [0.2, 0.25) is 5.82 Å². The molecule has 156 valence electrons. The van der Waals surface area contributed by atoms with Gasteiger partial charge in [-0.25, -0.2) is 13.6 Å². The van der Waals surface area contributed by atoms with Gasteiger partial charge < -0.3 is 4.52 Å². The summed E-state index contributed by atoms with van der Waals surface area (Å²) in [6.45, 7) is 1.69. The molecule has 1 atom stereocenters. The van der Waals surface area contributed by atoms with Crippen LogP contribution in [0, 0.1) is 12.7 Å². The molecular weight excluding hydrogens is 443 g/mol. The van der Waals surface area contributed by atoms with E-state index in [4.69, 9.17) is 11.6 Å². The Morgan fingerprint density at radius 2 is 1.90 bits per heavy atom. The maximum atomic E-state index is 13.2. The minimum absolute atomic E-state index is 0.0856. The van der Waals surface area contributed by atoms with Crippen LogP contribution < -0.4 is 0 Å². The number of hydrogen-bond acceptors (Lipinski definition) is 6. The molecule has 4 aromatic rings. The van der Waals surface area contributed by atoms with Gasteiger partial charge in [-0.2, -0.15) is 18.1 Å². The number of halogens is 4. The summed E-state index contributed by atoms with van der Waals surface area (Å²) in [6.07, 6.45) is 3.01. The van der Waals surface area contributed by atoms with Crippen LogP contribution in [0.15, 0.2) is 56.4 Å². The number of aryl methyl sites for hydroxylation is 1. The Kier molecular flexibility index (Phi) is 4.82. The third-order valence-corrected chi connectivity index (χ3v) is 6.04. The van der Waals surface area contributed by atoms with E-state index in [-0.39, 0.29) is 5.82 Å². The van der Waals surface area contributed by atoms with Crippen molar-refractivity contribution in [3.8, 4) is 11.4 Å². The normalized spacial score (nSPS) is 14.1. The maximum Gasteiger partial charge on any atom is 0.400 e. The zero-order chi connectivity index (χ0) is 21.7. The fourth-order valence-electron chi connectivity index (χ4n) is 2.76. The van der Waals surface area contributed by atoms with Crippen LogP contribution in [-0.4, -0.2) is 30.0 Å². The van der Waals surface area contributed by atoms with Crippen LogP contribution in [-0.2, 0) is 15.1 Å². The summed E-state index contributed by atoms with van der Waals surface area (Å²) in [4.78, 5) is 8.34. The lowest BCUT2D eigenvalue weighted by Gasteiger charge is -2.05. The highest BCUT2D eigenvalue weighted by atomic mass is 35.5. The lowest BCUT2D eigenvalue weighted by Crippen LogP contribution is -2.03. The first-order valence-corrected chi connectivity index (χ1v) is 10.7. The molecule has 3 heterocycles. The molecule has 3 aromatic heterocycles. The van der Waals surface area contributed by atoms with E-state index in [2.05, 4.69) is 24.0 Å². The van der Waals surface area contributed by atoms with Crippen molar-refractivity contribution in [3.63, 3.8) is 0 Å². The Hall–Kier alpha value is -2.92. The van der Waals surface area contributed by atoms with Gasteiger partial charge in [0.15, 0.2) is 5.82 Å². The number of nitrogens with zero attached hydrogens (tertiary/aromatic N) is 5. The zero-order valence-electron chi connectivity index (χ0n) is 15.5. The molecular formula is C18H13ClF3N5O2S. The van der Waals surface area contributed by atoms with Gasteiger partial charge >= 0.3 is 11.3 Å². The number of hydrogen-bond donors (Lipinski definition) is 0. The molecule has 0 aliphatic heterocycles. The minimum atomic E-state index is -3.77. The lowest BCUT2D eigenvalue weighted by molar-refractivity contribution is 0.0551. The van der Waals surface area contributed by atoms with Crippen molar-refractivity contribution in [2.45, 2.75) is 17.2 Å². The Balaban J connectivity index is 1.78. The number of rotatable bonds is 4. The maximum absolute atomic E-state index is 13.2.